The Kier molecular flexibility index (Phi) is 15.6. The molecule has 1 atom stereocenters. The number of carboxylic acid groups (broad SMARTS) is 1. The van der Waals surface area contributed by atoms with Crippen molar-refractivity contribution in [3.8, 4) is 0 Å². The first-order chi connectivity index (χ1) is 20.6. The van der Waals surface area contributed by atoms with E-state index in [4.69, 9.17) is 33.7 Å². The topological polar surface area (TPSA) is 186 Å². The van der Waals surface area contributed by atoms with Gasteiger partial charge in [-0.15, -0.1) is 4.76 Å². The van der Waals surface area contributed by atoms with Crippen molar-refractivity contribution in [2.24, 2.45) is 10.5 Å². The van der Waals surface area contributed by atoms with Gasteiger partial charge in [-0.3, -0.25) is 9.05 Å². The van der Waals surface area contributed by atoms with Crippen LogP contribution in [0.15, 0.2) is 65.4 Å². The predicted molar refractivity (Wildman–Crippen MR) is 155 cm³/mol. The lowest BCUT2D eigenvalue weighted by molar-refractivity contribution is -0.141. The molecule has 15 heteroatoms. The Morgan fingerprint density at radius 3 is 1.72 bits per heavy atom. The van der Waals surface area contributed by atoms with Gasteiger partial charge in [0, 0.05) is 7.05 Å². The number of guanidine groups is 1. The van der Waals surface area contributed by atoms with Crippen LogP contribution in [0.5, 0.6) is 0 Å². The molecule has 3 N–H and O–H groups in total. The number of ether oxygens (including phenoxy) is 4. The third kappa shape index (κ3) is 14.1. The summed E-state index contributed by atoms with van der Waals surface area (Å²) in [6.07, 6.45) is -0.333. The second-order valence-electron chi connectivity index (χ2n) is 8.95. The first-order valence-electron chi connectivity index (χ1n) is 13.5. The quantitative estimate of drug-likeness (QED) is 0.0764. The zero-order valence-corrected chi connectivity index (χ0v) is 25.1. The van der Waals surface area contributed by atoms with Crippen molar-refractivity contribution < 1.29 is 52.1 Å². The van der Waals surface area contributed by atoms with Crippen LogP contribution in [-0.4, -0.2) is 73.8 Å². The van der Waals surface area contributed by atoms with Crippen LogP contribution in [-0.2, 0) is 50.6 Å². The van der Waals surface area contributed by atoms with Gasteiger partial charge in [-0.25, -0.2) is 18.9 Å². The fourth-order valence-electron chi connectivity index (χ4n) is 3.40. The molecule has 2 aromatic carbocycles. The molecule has 14 nitrogen and oxygen atoms in total. The predicted octanol–water partition coefficient (Wildman–Crippen LogP) is 4.72. The van der Waals surface area contributed by atoms with Gasteiger partial charge in [-0.2, -0.15) is 0 Å². The SMILES string of the molecule is CCCCC(C(=O)O)N(C)C(N)=NP(=O)(OCCOC(=O)OCc1ccccc1)OCCOC(=O)OCc1ccccc1. The van der Waals surface area contributed by atoms with Crippen molar-refractivity contribution in [1.29, 1.82) is 0 Å². The summed E-state index contributed by atoms with van der Waals surface area (Å²) in [5, 5.41) is 9.60. The molecule has 2 aromatic rings. The molecule has 0 amide bonds. The number of benzene rings is 2. The number of aliphatic carboxylic acids is 1. The molecule has 0 aliphatic rings. The first kappa shape index (κ1) is 35.1. The number of hydrogen-bond donors (Lipinski definition) is 2. The van der Waals surface area contributed by atoms with Crippen LogP contribution >= 0.6 is 7.75 Å². The molecule has 2 rings (SSSR count). The smallest absolute Gasteiger partial charge is 0.480 e. The van der Waals surface area contributed by atoms with E-state index in [0.717, 1.165) is 22.4 Å². The van der Waals surface area contributed by atoms with Crippen LogP contribution in [0.3, 0.4) is 0 Å². The van der Waals surface area contributed by atoms with Gasteiger partial charge in [0.1, 0.15) is 32.5 Å². The number of carbonyl (C=O) groups excluding carboxylic acids is 2. The average Bonchev–Trinajstić information content (AvgIpc) is 3.00. The summed E-state index contributed by atoms with van der Waals surface area (Å²) in [7, 11) is -3.02. The van der Waals surface area contributed by atoms with E-state index in [0.29, 0.717) is 6.42 Å². The molecule has 0 fully saturated rings. The van der Waals surface area contributed by atoms with Crippen LogP contribution in [0, 0.1) is 0 Å². The summed E-state index contributed by atoms with van der Waals surface area (Å²) in [6.45, 7) is 0.279. The lowest BCUT2D eigenvalue weighted by Gasteiger charge is -2.26. The van der Waals surface area contributed by atoms with Gasteiger partial charge >= 0.3 is 26.0 Å². The number of nitrogens with two attached hydrogens (primary N) is 1. The molecule has 0 saturated heterocycles. The summed E-state index contributed by atoms with van der Waals surface area (Å²) >= 11 is 0. The highest BCUT2D eigenvalue weighted by Crippen LogP contribution is 2.49. The Balaban J connectivity index is 1.94. The summed E-state index contributed by atoms with van der Waals surface area (Å²) in [5.41, 5.74) is 7.49. The van der Waals surface area contributed by atoms with Crippen molar-refractivity contribution >= 4 is 32.0 Å². The third-order valence-corrected chi connectivity index (χ3v) is 7.15. The van der Waals surface area contributed by atoms with Crippen molar-refractivity contribution in [2.45, 2.75) is 45.4 Å². The zero-order chi connectivity index (χ0) is 31.5. The second kappa shape index (κ2) is 19.1. The van der Waals surface area contributed by atoms with E-state index in [-0.39, 0.29) is 32.8 Å². The lowest BCUT2D eigenvalue weighted by Crippen LogP contribution is -2.46. The lowest BCUT2D eigenvalue weighted by atomic mass is 10.1. The first-order valence-corrected chi connectivity index (χ1v) is 15.0. The van der Waals surface area contributed by atoms with Gasteiger partial charge in [0.25, 0.3) is 0 Å². The van der Waals surface area contributed by atoms with Gasteiger partial charge in [0.15, 0.2) is 0 Å². The maximum Gasteiger partial charge on any atom is 0.508 e. The van der Waals surface area contributed by atoms with E-state index < -0.39 is 51.2 Å². The number of likely N-dealkylation sites (N-methyl/N-ethyl adjacent to an activating group) is 1. The monoisotopic (exact) mass is 623 g/mol. The number of hydrogen-bond acceptors (Lipinski definition) is 10. The van der Waals surface area contributed by atoms with Crippen LogP contribution in [0.1, 0.15) is 37.3 Å². The van der Waals surface area contributed by atoms with Crippen LogP contribution in [0.25, 0.3) is 0 Å². The van der Waals surface area contributed by atoms with Gasteiger partial charge in [0.2, 0.25) is 5.96 Å². The van der Waals surface area contributed by atoms with E-state index in [9.17, 15) is 24.1 Å². The molecule has 236 valence electrons. The molecule has 0 radical (unpaired) electrons. The van der Waals surface area contributed by atoms with E-state index in [2.05, 4.69) is 4.76 Å². The van der Waals surface area contributed by atoms with E-state index in [1.54, 1.807) is 48.5 Å². The van der Waals surface area contributed by atoms with E-state index in [1.807, 2.05) is 19.1 Å². The third-order valence-electron chi connectivity index (χ3n) is 5.68. The van der Waals surface area contributed by atoms with Gasteiger partial charge in [-0.1, -0.05) is 80.4 Å². The Morgan fingerprint density at radius 2 is 1.30 bits per heavy atom. The summed E-state index contributed by atoms with van der Waals surface area (Å²) in [6, 6.07) is 16.9. The normalized spacial score (nSPS) is 12.2. The van der Waals surface area contributed by atoms with Crippen molar-refractivity contribution in [2.75, 3.05) is 33.5 Å². The van der Waals surface area contributed by atoms with Gasteiger partial charge < -0.3 is 34.7 Å². The van der Waals surface area contributed by atoms with E-state index in [1.165, 1.54) is 7.05 Å². The zero-order valence-electron chi connectivity index (χ0n) is 24.2. The van der Waals surface area contributed by atoms with Crippen molar-refractivity contribution in [1.82, 2.24) is 4.90 Å². The largest absolute Gasteiger partial charge is 0.508 e. The number of rotatable bonds is 18. The molecule has 0 saturated carbocycles. The summed E-state index contributed by atoms with van der Waals surface area (Å²) in [5.74, 6) is -1.56. The van der Waals surface area contributed by atoms with Crippen LogP contribution < -0.4 is 5.73 Å². The highest BCUT2D eigenvalue weighted by atomic mass is 31.2. The van der Waals surface area contributed by atoms with Crippen LogP contribution in [0.2, 0.25) is 0 Å². The second-order valence-corrected chi connectivity index (χ2v) is 10.6. The number of nitrogens with zero attached hydrogens (tertiary/aromatic N) is 2. The van der Waals surface area contributed by atoms with Crippen molar-refractivity contribution in [3.05, 3.63) is 71.8 Å². The Hall–Kier alpha value is -4.13. The fourth-order valence-corrected chi connectivity index (χ4v) is 4.60. The number of carbonyl (C=O) groups is 3. The molecule has 43 heavy (non-hydrogen) atoms. The molecule has 0 bridgehead atoms. The fraction of sp³-hybridized carbons (Fsp3) is 0.429. The van der Waals surface area contributed by atoms with Gasteiger partial charge in [0.05, 0.1) is 13.2 Å². The average molecular weight is 624 g/mol. The van der Waals surface area contributed by atoms with Crippen LogP contribution in [0.4, 0.5) is 9.59 Å². The molecule has 0 aliphatic heterocycles. The highest BCUT2D eigenvalue weighted by Gasteiger charge is 2.29. The Bertz CT molecular complexity index is 1150. The minimum Gasteiger partial charge on any atom is -0.480 e. The maximum absolute atomic E-state index is 13.4. The summed E-state index contributed by atoms with van der Waals surface area (Å²) < 4.78 is 47.7. The number of unbranched alkanes of at least 4 members (excludes halogenated alkanes) is 1. The minimum absolute atomic E-state index is 0.00808. The molecule has 0 heterocycles. The number of carboxylic acids is 1. The molecule has 1 unspecified atom stereocenters. The molecule has 0 aromatic heterocycles. The maximum atomic E-state index is 13.4. The molecular formula is C28H38N3O11P. The minimum atomic E-state index is -4.41. The van der Waals surface area contributed by atoms with Gasteiger partial charge in [-0.05, 0) is 17.5 Å². The van der Waals surface area contributed by atoms with E-state index >= 15 is 0 Å². The Labute approximate surface area is 250 Å². The Morgan fingerprint density at radius 1 is 0.837 bits per heavy atom. The molecule has 0 aliphatic carbocycles. The van der Waals surface area contributed by atoms with Crippen molar-refractivity contribution in [3.63, 3.8) is 0 Å². The molecule has 0 spiro atoms. The highest BCUT2D eigenvalue weighted by molar-refractivity contribution is 7.52. The molecular weight excluding hydrogens is 585 g/mol. The standard InChI is InChI=1S/C28H38N3O11P/c1-3-4-15-24(25(32)33)31(2)26(29)30-43(36,41-18-16-37-27(34)39-20-22-11-7-5-8-12-22)42-19-17-38-28(35)40-21-23-13-9-6-10-14-23/h5-14,24H,3-4,15-21H2,1-2H3,(H,32,33)(H2,29,30,36). The summed E-state index contributed by atoms with van der Waals surface area (Å²) in [4.78, 5) is 36.7.